The molecule has 2 aromatic rings. The molecule has 0 aliphatic carbocycles. The average Bonchev–Trinajstić information content (AvgIpc) is 2.77. The summed E-state index contributed by atoms with van der Waals surface area (Å²) in [6.45, 7) is 0. The van der Waals surface area contributed by atoms with Gasteiger partial charge in [0.2, 0.25) is 0 Å². The number of amides is 1. The topological polar surface area (TPSA) is 83.6 Å². The maximum atomic E-state index is 11.9. The van der Waals surface area contributed by atoms with Crippen LogP contribution in [0.5, 0.6) is 0 Å². The standard InChI is InChI=1S/C8H4I3N5O/c9-4-1-3(2-5(10)6(4)11)7(17)12-8-13-15-16-14-8/h1-2H,(H2,12,13,14,15,16,17). The Kier molecular flexibility index (Phi) is 4.51. The Bertz CT molecular complexity index is 533. The highest BCUT2D eigenvalue weighted by molar-refractivity contribution is 14.1. The molecule has 1 heterocycles. The molecule has 0 saturated carbocycles. The number of rotatable bonds is 2. The Morgan fingerprint density at radius 3 is 2.41 bits per heavy atom. The van der Waals surface area contributed by atoms with Crippen LogP contribution in [0.2, 0.25) is 0 Å². The average molecular weight is 567 g/mol. The number of nitrogens with zero attached hydrogens (tertiary/aromatic N) is 3. The van der Waals surface area contributed by atoms with Gasteiger partial charge in [0, 0.05) is 16.3 Å². The first-order chi connectivity index (χ1) is 8.08. The molecule has 9 heteroatoms. The molecule has 0 aliphatic rings. The SMILES string of the molecule is O=C(Nc1nn[nH]n1)c1cc(I)c(I)c(I)c1. The van der Waals surface area contributed by atoms with E-state index in [0.29, 0.717) is 5.56 Å². The van der Waals surface area contributed by atoms with Crippen LogP contribution in [0.25, 0.3) is 0 Å². The van der Waals surface area contributed by atoms with Crippen LogP contribution in [0.1, 0.15) is 10.4 Å². The second-order valence-corrected chi connectivity index (χ2v) is 6.35. The summed E-state index contributed by atoms with van der Waals surface area (Å²) in [6.07, 6.45) is 0. The van der Waals surface area contributed by atoms with E-state index in [-0.39, 0.29) is 11.9 Å². The van der Waals surface area contributed by atoms with Crippen LogP contribution in [0.4, 0.5) is 5.95 Å². The van der Waals surface area contributed by atoms with Crippen LogP contribution in [0.3, 0.4) is 0 Å². The Labute approximate surface area is 137 Å². The molecule has 1 amide bonds. The predicted molar refractivity (Wildman–Crippen MR) is 86.7 cm³/mol. The predicted octanol–water partition coefficient (Wildman–Crippen LogP) is 2.27. The molecule has 6 nitrogen and oxygen atoms in total. The lowest BCUT2D eigenvalue weighted by molar-refractivity contribution is 0.102. The zero-order valence-electron chi connectivity index (χ0n) is 8.04. The summed E-state index contributed by atoms with van der Waals surface area (Å²) >= 11 is 6.64. The largest absolute Gasteiger partial charge is 0.288 e. The van der Waals surface area contributed by atoms with Gasteiger partial charge in [-0.05, 0) is 85.1 Å². The third-order valence-corrected chi connectivity index (χ3v) is 6.74. The summed E-state index contributed by atoms with van der Waals surface area (Å²) in [6, 6.07) is 3.64. The van der Waals surface area contributed by atoms with Crippen molar-refractivity contribution >= 4 is 79.6 Å². The molecule has 0 atom stereocenters. The summed E-state index contributed by atoms with van der Waals surface area (Å²) in [5.41, 5.74) is 0.573. The number of carbonyl (C=O) groups is 1. The molecule has 1 aromatic heterocycles. The number of hydrogen-bond donors (Lipinski definition) is 2. The van der Waals surface area contributed by atoms with Gasteiger partial charge in [0.25, 0.3) is 11.9 Å². The van der Waals surface area contributed by atoms with Gasteiger partial charge in [0.15, 0.2) is 0 Å². The minimum absolute atomic E-state index is 0.165. The highest BCUT2D eigenvalue weighted by Crippen LogP contribution is 2.23. The molecule has 17 heavy (non-hydrogen) atoms. The number of aromatic nitrogens is 4. The fraction of sp³-hybridized carbons (Fsp3) is 0. The van der Waals surface area contributed by atoms with Crippen LogP contribution < -0.4 is 5.32 Å². The smallest absolute Gasteiger partial charge is 0.270 e. The second kappa shape index (κ2) is 5.73. The number of carbonyl (C=O) groups excluding carboxylic acids is 1. The minimum Gasteiger partial charge on any atom is -0.288 e. The lowest BCUT2D eigenvalue weighted by Gasteiger charge is -2.05. The van der Waals surface area contributed by atoms with Gasteiger partial charge < -0.3 is 0 Å². The van der Waals surface area contributed by atoms with Crippen molar-refractivity contribution in [2.24, 2.45) is 0 Å². The molecule has 2 rings (SSSR count). The number of aromatic amines is 1. The van der Waals surface area contributed by atoms with Gasteiger partial charge in [-0.25, -0.2) is 0 Å². The van der Waals surface area contributed by atoms with E-state index in [0.717, 1.165) is 10.7 Å². The Morgan fingerprint density at radius 1 is 1.24 bits per heavy atom. The minimum atomic E-state index is -0.251. The first-order valence-corrected chi connectivity index (χ1v) is 7.51. The molecule has 0 radical (unpaired) electrons. The highest BCUT2D eigenvalue weighted by atomic mass is 127. The molecule has 0 bridgehead atoms. The summed E-state index contributed by atoms with van der Waals surface area (Å²) < 4.78 is 3.21. The van der Waals surface area contributed by atoms with E-state index in [1.165, 1.54) is 0 Å². The van der Waals surface area contributed by atoms with Crippen LogP contribution in [-0.2, 0) is 0 Å². The van der Waals surface area contributed by atoms with Gasteiger partial charge in [-0.2, -0.15) is 5.21 Å². The van der Waals surface area contributed by atoms with E-state index in [4.69, 9.17) is 0 Å². The van der Waals surface area contributed by atoms with E-state index >= 15 is 0 Å². The van der Waals surface area contributed by atoms with E-state index in [1.807, 2.05) is 12.1 Å². The second-order valence-electron chi connectivity index (χ2n) is 2.94. The van der Waals surface area contributed by atoms with E-state index in [9.17, 15) is 4.79 Å². The number of tetrazole rings is 1. The van der Waals surface area contributed by atoms with Crippen molar-refractivity contribution in [1.29, 1.82) is 0 Å². The number of halogens is 3. The van der Waals surface area contributed by atoms with Gasteiger partial charge in [-0.15, -0.1) is 5.10 Å². The number of benzene rings is 1. The summed E-state index contributed by atoms with van der Waals surface area (Å²) in [5.74, 6) is -0.0859. The molecule has 0 fully saturated rings. The van der Waals surface area contributed by atoms with Crippen molar-refractivity contribution in [1.82, 2.24) is 20.6 Å². The molecule has 2 N–H and O–H groups in total. The third-order valence-electron chi connectivity index (χ3n) is 1.82. The Morgan fingerprint density at radius 2 is 1.88 bits per heavy atom. The van der Waals surface area contributed by atoms with Gasteiger partial charge in [0.05, 0.1) is 0 Å². The third kappa shape index (κ3) is 3.24. The normalized spacial score (nSPS) is 10.3. The van der Waals surface area contributed by atoms with Gasteiger partial charge in [-0.1, -0.05) is 5.10 Å². The molecular weight excluding hydrogens is 563 g/mol. The Hall–Kier alpha value is -0.0500. The van der Waals surface area contributed by atoms with Crippen LogP contribution in [-0.4, -0.2) is 26.5 Å². The Balaban J connectivity index is 2.26. The molecule has 88 valence electrons. The fourth-order valence-corrected chi connectivity index (χ4v) is 3.15. The van der Waals surface area contributed by atoms with Crippen molar-refractivity contribution < 1.29 is 4.79 Å². The summed E-state index contributed by atoms with van der Waals surface area (Å²) in [4.78, 5) is 11.9. The fourth-order valence-electron chi connectivity index (χ4n) is 1.08. The molecule has 0 saturated heterocycles. The summed E-state index contributed by atoms with van der Waals surface area (Å²) in [7, 11) is 0. The lowest BCUT2D eigenvalue weighted by Crippen LogP contribution is -2.14. The molecule has 0 aliphatic heterocycles. The maximum Gasteiger partial charge on any atom is 0.270 e. The lowest BCUT2D eigenvalue weighted by atomic mass is 10.2. The number of H-pyrrole nitrogens is 1. The zero-order valence-corrected chi connectivity index (χ0v) is 14.5. The number of hydrogen-bond acceptors (Lipinski definition) is 4. The van der Waals surface area contributed by atoms with Crippen LogP contribution in [0.15, 0.2) is 12.1 Å². The zero-order chi connectivity index (χ0) is 12.4. The summed E-state index contributed by atoms with van der Waals surface area (Å²) in [5, 5.41) is 15.5. The molecular formula is C8H4I3N5O. The first-order valence-electron chi connectivity index (χ1n) is 4.27. The van der Waals surface area contributed by atoms with Gasteiger partial charge >= 0.3 is 0 Å². The number of anilines is 1. The van der Waals surface area contributed by atoms with Crippen molar-refractivity contribution in [3.05, 3.63) is 28.4 Å². The van der Waals surface area contributed by atoms with Gasteiger partial charge in [0.1, 0.15) is 0 Å². The van der Waals surface area contributed by atoms with E-state index in [1.54, 1.807) is 0 Å². The first kappa shape index (κ1) is 13.4. The van der Waals surface area contributed by atoms with Crippen molar-refractivity contribution in [3.63, 3.8) is 0 Å². The van der Waals surface area contributed by atoms with Crippen LogP contribution in [0, 0.1) is 10.7 Å². The quantitative estimate of drug-likeness (QED) is 0.432. The maximum absolute atomic E-state index is 11.9. The van der Waals surface area contributed by atoms with Crippen molar-refractivity contribution in [2.75, 3.05) is 5.32 Å². The van der Waals surface area contributed by atoms with E-state index < -0.39 is 0 Å². The molecule has 0 unspecified atom stereocenters. The van der Waals surface area contributed by atoms with Crippen molar-refractivity contribution in [3.8, 4) is 0 Å². The van der Waals surface area contributed by atoms with Crippen LogP contribution >= 0.6 is 67.8 Å². The number of nitrogens with one attached hydrogen (secondary N) is 2. The molecule has 0 spiro atoms. The van der Waals surface area contributed by atoms with Gasteiger partial charge in [-0.3, -0.25) is 10.1 Å². The van der Waals surface area contributed by atoms with E-state index in [2.05, 4.69) is 93.7 Å². The monoisotopic (exact) mass is 567 g/mol. The highest BCUT2D eigenvalue weighted by Gasteiger charge is 2.12. The molecule has 1 aromatic carbocycles. The van der Waals surface area contributed by atoms with Crippen molar-refractivity contribution in [2.45, 2.75) is 0 Å².